The molecule has 0 rings (SSSR count). The van der Waals surface area contributed by atoms with Crippen molar-refractivity contribution in [2.75, 3.05) is 12.8 Å². The molecule has 9 nitrogen and oxygen atoms in total. The van der Waals surface area contributed by atoms with Crippen molar-refractivity contribution in [3.8, 4) is 0 Å². The predicted molar refractivity (Wildman–Crippen MR) is 69.1 cm³/mol. The Balaban J connectivity index is 4.56. The van der Waals surface area contributed by atoms with Crippen LogP contribution in [0.1, 0.15) is 20.3 Å². The molecule has 0 aromatic rings. The van der Waals surface area contributed by atoms with Gasteiger partial charge >= 0.3 is 18.0 Å². The predicted octanol–water partition coefficient (Wildman–Crippen LogP) is -0.963. The maximum atomic E-state index is 11.4. The smallest absolute Gasteiger partial charge is 0.326 e. The quantitative estimate of drug-likeness (QED) is 0.472. The van der Waals surface area contributed by atoms with E-state index in [-0.39, 0.29) is 6.54 Å². The molecule has 0 bridgehead atoms. The summed E-state index contributed by atoms with van der Waals surface area (Å²) >= 11 is 0. The van der Waals surface area contributed by atoms with Crippen molar-refractivity contribution < 1.29 is 33.0 Å². The highest BCUT2D eigenvalue weighted by atomic mass is 32.2. The molecule has 20 heavy (non-hydrogen) atoms. The third-order valence-corrected chi connectivity index (χ3v) is 4.81. The van der Waals surface area contributed by atoms with E-state index in [1.165, 1.54) is 13.8 Å². The van der Waals surface area contributed by atoms with Crippen molar-refractivity contribution >= 4 is 27.8 Å². The zero-order chi connectivity index (χ0) is 16.1. The lowest BCUT2D eigenvalue weighted by Crippen LogP contribution is -2.51. The van der Waals surface area contributed by atoms with E-state index < -0.39 is 45.0 Å². The van der Waals surface area contributed by atoms with Crippen LogP contribution in [0.3, 0.4) is 0 Å². The van der Waals surface area contributed by atoms with E-state index >= 15 is 0 Å². The van der Waals surface area contributed by atoms with E-state index in [0.717, 1.165) is 6.26 Å². The van der Waals surface area contributed by atoms with E-state index in [9.17, 15) is 22.8 Å². The van der Waals surface area contributed by atoms with Crippen molar-refractivity contribution in [3.63, 3.8) is 0 Å². The van der Waals surface area contributed by atoms with Gasteiger partial charge in [-0.25, -0.2) is 18.0 Å². The van der Waals surface area contributed by atoms with Gasteiger partial charge in [-0.1, -0.05) is 0 Å². The number of hydrogen-bond donors (Lipinski definition) is 4. The van der Waals surface area contributed by atoms with Gasteiger partial charge in [0.2, 0.25) is 0 Å². The normalized spacial score (nSPS) is 13.3. The number of urea groups is 1. The molecule has 1 atom stereocenters. The van der Waals surface area contributed by atoms with Crippen molar-refractivity contribution in [2.24, 2.45) is 0 Å². The van der Waals surface area contributed by atoms with E-state index in [4.69, 9.17) is 10.2 Å². The lowest BCUT2D eigenvalue weighted by Gasteiger charge is -2.23. The molecule has 0 aliphatic heterocycles. The van der Waals surface area contributed by atoms with Crippen LogP contribution in [-0.4, -0.2) is 60.2 Å². The van der Waals surface area contributed by atoms with Crippen LogP contribution in [0, 0.1) is 0 Å². The van der Waals surface area contributed by atoms with Gasteiger partial charge in [0.1, 0.15) is 6.04 Å². The number of amides is 2. The Morgan fingerprint density at radius 2 is 1.70 bits per heavy atom. The summed E-state index contributed by atoms with van der Waals surface area (Å²) in [6, 6.07) is -2.54. The number of carboxylic acid groups (broad SMARTS) is 2. The molecule has 2 amide bonds. The molecule has 0 spiro atoms. The molecule has 0 aliphatic carbocycles. The molecule has 0 radical (unpaired) electrons. The van der Waals surface area contributed by atoms with Crippen LogP contribution in [0.15, 0.2) is 0 Å². The van der Waals surface area contributed by atoms with Gasteiger partial charge in [0.25, 0.3) is 0 Å². The number of carbonyl (C=O) groups is 3. The minimum atomic E-state index is -3.41. The molecule has 0 fully saturated rings. The maximum Gasteiger partial charge on any atom is 0.326 e. The van der Waals surface area contributed by atoms with Crippen molar-refractivity contribution in [1.82, 2.24) is 10.6 Å². The minimum absolute atomic E-state index is 0.239. The molecule has 116 valence electrons. The van der Waals surface area contributed by atoms with E-state index in [1.54, 1.807) is 0 Å². The fraction of sp³-hybridized carbons (Fsp3) is 0.700. The molecule has 0 aromatic carbocycles. The summed E-state index contributed by atoms with van der Waals surface area (Å²) in [5.41, 5.74) is 0. The number of sulfone groups is 1. The van der Waals surface area contributed by atoms with Gasteiger partial charge in [-0.05, 0) is 13.8 Å². The van der Waals surface area contributed by atoms with Gasteiger partial charge in [0, 0.05) is 12.8 Å². The summed E-state index contributed by atoms with van der Waals surface area (Å²) in [5, 5.41) is 21.4. The number of carbonyl (C=O) groups excluding carboxylic acids is 1. The summed E-state index contributed by atoms with van der Waals surface area (Å²) in [6.07, 6.45) is 0.231. The second-order valence-electron chi connectivity index (χ2n) is 4.85. The first kappa shape index (κ1) is 18.2. The van der Waals surface area contributed by atoms with Gasteiger partial charge in [0.05, 0.1) is 11.2 Å². The second-order valence-corrected chi connectivity index (χ2v) is 7.50. The van der Waals surface area contributed by atoms with Crippen molar-refractivity contribution in [2.45, 2.75) is 31.1 Å². The standard InChI is InChI=1S/C10H18N2O7S/c1-10(2,20(3,18)19)5-11-9(17)12-6(8(15)16)4-7(13)14/h6H,4-5H2,1-3H3,(H,13,14)(H,15,16)(H2,11,12,17). The average molecular weight is 310 g/mol. The third kappa shape index (κ3) is 5.87. The molecule has 0 aliphatic rings. The summed E-state index contributed by atoms with van der Waals surface area (Å²) in [7, 11) is -3.41. The summed E-state index contributed by atoms with van der Waals surface area (Å²) in [4.78, 5) is 32.6. The van der Waals surface area contributed by atoms with Crippen LogP contribution >= 0.6 is 0 Å². The molecule has 0 heterocycles. The molecule has 10 heteroatoms. The van der Waals surface area contributed by atoms with Gasteiger partial charge in [-0.15, -0.1) is 0 Å². The zero-order valence-electron chi connectivity index (χ0n) is 11.3. The minimum Gasteiger partial charge on any atom is -0.481 e. The topological polar surface area (TPSA) is 150 Å². The molecule has 1 unspecified atom stereocenters. The molecule has 0 aromatic heterocycles. The third-order valence-electron chi connectivity index (χ3n) is 2.66. The molecule has 4 N–H and O–H groups in total. The number of rotatable bonds is 7. The summed E-state index contributed by atoms with van der Waals surface area (Å²) < 4.78 is 21.6. The van der Waals surface area contributed by atoms with Crippen molar-refractivity contribution in [3.05, 3.63) is 0 Å². The van der Waals surface area contributed by atoms with E-state index in [2.05, 4.69) is 5.32 Å². The SMILES string of the molecule is CC(C)(CNC(=O)NC(CC(=O)O)C(=O)O)S(C)(=O)=O. The fourth-order valence-corrected chi connectivity index (χ4v) is 1.34. The Bertz CT molecular complexity index is 498. The number of hydrogen-bond acceptors (Lipinski definition) is 5. The lowest BCUT2D eigenvalue weighted by atomic mass is 10.2. The zero-order valence-corrected chi connectivity index (χ0v) is 12.2. The first-order chi connectivity index (χ1) is 8.86. The maximum absolute atomic E-state index is 11.4. The Kier molecular flexibility index (Phi) is 5.95. The summed E-state index contributed by atoms with van der Waals surface area (Å²) in [6.45, 7) is 2.56. The van der Waals surface area contributed by atoms with Crippen molar-refractivity contribution in [1.29, 1.82) is 0 Å². The highest BCUT2D eigenvalue weighted by molar-refractivity contribution is 7.92. The average Bonchev–Trinajstić information content (AvgIpc) is 2.23. The van der Waals surface area contributed by atoms with E-state index in [0.29, 0.717) is 0 Å². The highest BCUT2D eigenvalue weighted by Gasteiger charge is 2.31. The molecular weight excluding hydrogens is 292 g/mol. The Morgan fingerprint density at radius 1 is 1.20 bits per heavy atom. The number of aliphatic carboxylic acids is 2. The van der Waals surface area contributed by atoms with Crippen LogP contribution in [0.2, 0.25) is 0 Å². The lowest BCUT2D eigenvalue weighted by molar-refractivity contribution is -0.145. The van der Waals surface area contributed by atoms with Gasteiger partial charge in [-0.3, -0.25) is 4.79 Å². The van der Waals surface area contributed by atoms with Gasteiger partial charge in [-0.2, -0.15) is 0 Å². The Hall–Kier alpha value is -1.84. The largest absolute Gasteiger partial charge is 0.481 e. The molecule has 0 saturated heterocycles. The monoisotopic (exact) mass is 310 g/mol. The van der Waals surface area contributed by atoms with Crippen LogP contribution in [0.25, 0.3) is 0 Å². The first-order valence-electron chi connectivity index (χ1n) is 5.55. The second kappa shape index (κ2) is 6.55. The van der Waals surface area contributed by atoms with Crippen LogP contribution in [-0.2, 0) is 19.4 Å². The molecular formula is C10H18N2O7S. The van der Waals surface area contributed by atoms with Crippen LogP contribution < -0.4 is 10.6 Å². The molecule has 0 saturated carbocycles. The number of nitrogens with one attached hydrogen (secondary N) is 2. The van der Waals surface area contributed by atoms with E-state index in [1.807, 2.05) is 5.32 Å². The number of carboxylic acids is 2. The van der Waals surface area contributed by atoms with Gasteiger partial charge in [0.15, 0.2) is 9.84 Å². The fourth-order valence-electron chi connectivity index (χ4n) is 1.01. The first-order valence-corrected chi connectivity index (χ1v) is 7.44. The van der Waals surface area contributed by atoms with Crippen LogP contribution in [0.4, 0.5) is 4.79 Å². The Labute approximate surface area is 116 Å². The Morgan fingerprint density at radius 3 is 2.05 bits per heavy atom. The van der Waals surface area contributed by atoms with Crippen LogP contribution in [0.5, 0.6) is 0 Å². The summed E-state index contributed by atoms with van der Waals surface area (Å²) in [5.74, 6) is -2.88. The highest BCUT2D eigenvalue weighted by Crippen LogP contribution is 2.13. The van der Waals surface area contributed by atoms with Gasteiger partial charge < -0.3 is 20.8 Å².